The Morgan fingerprint density at radius 1 is 0.702 bits per heavy atom. The summed E-state index contributed by atoms with van der Waals surface area (Å²) >= 11 is 0. The van der Waals surface area contributed by atoms with E-state index >= 15 is 0 Å². The number of aliphatic imine (C=N–C) groups is 1. The van der Waals surface area contributed by atoms with Crippen LogP contribution in [0.15, 0.2) is 59.6 Å². The molecule has 6 heteroatoms. The predicted octanol–water partition coefficient (Wildman–Crippen LogP) is 10.3. The molecule has 0 bridgehead atoms. The molecule has 0 spiro atoms. The molecule has 0 aromatic heterocycles. The molecule has 2 unspecified atom stereocenters. The summed E-state index contributed by atoms with van der Waals surface area (Å²) in [6, 6.07) is 16.2. The topological polar surface area (TPSA) is 96.0 Å². The number of hydrogen-bond donors (Lipinski definition) is 2. The lowest BCUT2D eigenvalue weighted by atomic mass is 9.69. The standard InChI is InChI=1S/C41H58N2O4/c1-15-26(2)36(42-25-27-18-34(43(46)47)16-17-35(27)44)41(45,32-21-28(37(3,4)5)19-29(22-32)38(6,7)8)33-23-30(39(9,10)11)20-31(24-33)40(12,13)14/h16-26,36,44-45H,15H2,1-14H3. The van der Waals surface area contributed by atoms with Gasteiger partial charge in [0, 0.05) is 23.9 Å². The second-order valence-corrected chi connectivity index (χ2v) is 17.5. The molecule has 6 nitrogen and oxygen atoms in total. The lowest BCUT2D eigenvalue weighted by Crippen LogP contribution is -2.44. The van der Waals surface area contributed by atoms with E-state index in [0.29, 0.717) is 0 Å². The molecule has 0 aliphatic rings. The molecule has 0 aliphatic heterocycles. The minimum Gasteiger partial charge on any atom is -0.507 e. The number of nitro groups is 1. The van der Waals surface area contributed by atoms with Crippen molar-refractivity contribution in [2.75, 3.05) is 0 Å². The van der Waals surface area contributed by atoms with Gasteiger partial charge in [-0.25, -0.2) is 0 Å². The molecule has 3 aromatic rings. The summed E-state index contributed by atoms with van der Waals surface area (Å²) in [5, 5.41) is 35.9. The fourth-order valence-corrected chi connectivity index (χ4v) is 5.74. The molecule has 3 aromatic carbocycles. The van der Waals surface area contributed by atoms with Crippen molar-refractivity contribution in [3.63, 3.8) is 0 Å². The number of benzene rings is 3. The van der Waals surface area contributed by atoms with E-state index in [4.69, 9.17) is 4.99 Å². The van der Waals surface area contributed by atoms with Gasteiger partial charge in [-0.3, -0.25) is 15.1 Å². The number of phenolic OH excluding ortho intramolecular Hbond substituents is 1. The summed E-state index contributed by atoms with van der Waals surface area (Å²) in [7, 11) is 0. The van der Waals surface area contributed by atoms with Crippen LogP contribution < -0.4 is 0 Å². The molecule has 0 saturated carbocycles. The maximum absolute atomic E-state index is 13.7. The Labute approximate surface area is 283 Å². The number of phenols is 1. The SMILES string of the molecule is CCC(C)C(N=Cc1cc([N+](=O)[O-])ccc1O)C(O)(c1cc(C(C)(C)C)cc(C(C)(C)C)c1)c1cc(C(C)(C)C)cc(C(C)(C)C)c1. The fourth-order valence-electron chi connectivity index (χ4n) is 5.74. The summed E-state index contributed by atoms with van der Waals surface area (Å²) in [6.45, 7) is 30.4. The first-order valence-corrected chi connectivity index (χ1v) is 16.9. The van der Waals surface area contributed by atoms with E-state index in [2.05, 4.69) is 133 Å². The number of nitrogens with zero attached hydrogens (tertiary/aromatic N) is 2. The first kappa shape index (κ1) is 37.9. The van der Waals surface area contributed by atoms with E-state index in [9.17, 15) is 20.3 Å². The third-order valence-electron chi connectivity index (χ3n) is 9.42. The highest BCUT2D eigenvalue weighted by Gasteiger charge is 2.45. The van der Waals surface area contributed by atoms with Gasteiger partial charge in [-0.1, -0.05) is 140 Å². The highest BCUT2D eigenvalue weighted by Crippen LogP contribution is 2.45. The zero-order chi connectivity index (χ0) is 35.9. The van der Waals surface area contributed by atoms with Gasteiger partial charge in [0.1, 0.15) is 11.4 Å². The summed E-state index contributed by atoms with van der Waals surface area (Å²) in [5.74, 6) is -0.217. The first-order valence-electron chi connectivity index (χ1n) is 16.9. The van der Waals surface area contributed by atoms with Crippen LogP contribution in [0.2, 0.25) is 0 Å². The van der Waals surface area contributed by atoms with Crippen molar-refractivity contribution < 1.29 is 15.1 Å². The fraction of sp³-hybridized carbons (Fsp3) is 0.537. The van der Waals surface area contributed by atoms with E-state index in [0.717, 1.165) is 39.8 Å². The van der Waals surface area contributed by atoms with Crippen molar-refractivity contribution in [1.82, 2.24) is 0 Å². The number of nitro benzene ring substituents is 1. The van der Waals surface area contributed by atoms with Gasteiger partial charge in [0.2, 0.25) is 0 Å². The third-order valence-corrected chi connectivity index (χ3v) is 9.42. The highest BCUT2D eigenvalue weighted by atomic mass is 16.6. The molecule has 0 heterocycles. The molecule has 0 fully saturated rings. The van der Waals surface area contributed by atoms with E-state index in [1.807, 2.05) is 0 Å². The van der Waals surface area contributed by atoms with Crippen LogP contribution in [0, 0.1) is 16.0 Å². The van der Waals surface area contributed by atoms with Gasteiger partial charge in [-0.05, 0) is 67.0 Å². The average molecular weight is 643 g/mol. The Morgan fingerprint density at radius 2 is 1.06 bits per heavy atom. The van der Waals surface area contributed by atoms with Gasteiger partial charge >= 0.3 is 0 Å². The molecular formula is C41H58N2O4. The molecule has 2 atom stereocenters. The third kappa shape index (κ3) is 8.51. The van der Waals surface area contributed by atoms with Crippen molar-refractivity contribution in [3.05, 3.63) is 104 Å². The maximum Gasteiger partial charge on any atom is 0.270 e. The van der Waals surface area contributed by atoms with E-state index in [1.54, 1.807) is 0 Å². The van der Waals surface area contributed by atoms with E-state index < -0.39 is 16.6 Å². The normalized spacial score (nSPS) is 14.8. The largest absolute Gasteiger partial charge is 0.507 e. The van der Waals surface area contributed by atoms with Crippen LogP contribution in [0.4, 0.5) is 5.69 Å². The molecular weight excluding hydrogens is 584 g/mol. The second-order valence-electron chi connectivity index (χ2n) is 17.5. The monoisotopic (exact) mass is 642 g/mol. The van der Waals surface area contributed by atoms with Gasteiger partial charge in [-0.2, -0.15) is 0 Å². The second kappa shape index (κ2) is 13.2. The molecule has 0 aliphatic carbocycles. The van der Waals surface area contributed by atoms with Gasteiger partial charge in [0.15, 0.2) is 0 Å². The molecule has 2 N–H and O–H groups in total. The number of aliphatic hydroxyl groups is 1. The molecule has 0 radical (unpaired) electrons. The Kier molecular flexibility index (Phi) is 10.6. The molecule has 256 valence electrons. The van der Waals surface area contributed by atoms with Crippen molar-refractivity contribution in [1.29, 1.82) is 0 Å². The quantitative estimate of drug-likeness (QED) is 0.145. The Morgan fingerprint density at radius 3 is 1.38 bits per heavy atom. The molecule has 47 heavy (non-hydrogen) atoms. The Bertz CT molecular complexity index is 1490. The van der Waals surface area contributed by atoms with Crippen molar-refractivity contribution in [3.8, 4) is 5.75 Å². The highest BCUT2D eigenvalue weighted by molar-refractivity contribution is 5.84. The minimum atomic E-state index is -1.59. The van der Waals surface area contributed by atoms with Crippen LogP contribution in [-0.2, 0) is 27.3 Å². The van der Waals surface area contributed by atoms with Gasteiger partial charge in [-0.15, -0.1) is 0 Å². The number of aromatic hydroxyl groups is 1. The number of rotatable bonds is 8. The smallest absolute Gasteiger partial charge is 0.270 e. The van der Waals surface area contributed by atoms with Crippen LogP contribution in [0.3, 0.4) is 0 Å². The van der Waals surface area contributed by atoms with Crippen LogP contribution in [0.5, 0.6) is 5.75 Å². The predicted molar refractivity (Wildman–Crippen MR) is 196 cm³/mol. The number of hydrogen-bond acceptors (Lipinski definition) is 5. The summed E-state index contributed by atoms with van der Waals surface area (Å²) < 4.78 is 0. The minimum absolute atomic E-state index is 0.107. The summed E-state index contributed by atoms with van der Waals surface area (Å²) in [4.78, 5) is 16.1. The van der Waals surface area contributed by atoms with E-state index in [-0.39, 0.29) is 44.6 Å². The maximum atomic E-state index is 13.7. The van der Waals surface area contributed by atoms with Gasteiger partial charge in [0.05, 0.1) is 11.0 Å². The van der Waals surface area contributed by atoms with Crippen LogP contribution >= 0.6 is 0 Å². The van der Waals surface area contributed by atoms with E-state index in [1.165, 1.54) is 24.4 Å². The molecule has 3 rings (SSSR count). The summed E-state index contributed by atoms with van der Waals surface area (Å²) in [5.41, 5.74) is 3.71. The van der Waals surface area contributed by atoms with Crippen LogP contribution in [0.1, 0.15) is 142 Å². The zero-order valence-corrected chi connectivity index (χ0v) is 31.2. The van der Waals surface area contributed by atoms with Crippen molar-refractivity contribution in [2.45, 2.75) is 137 Å². The van der Waals surface area contributed by atoms with Gasteiger partial charge < -0.3 is 10.2 Å². The van der Waals surface area contributed by atoms with Crippen LogP contribution in [0.25, 0.3) is 0 Å². The van der Waals surface area contributed by atoms with Gasteiger partial charge in [0.25, 0.3) is 5.69 Å². The Balaban J connectivity index is 2.56. The van der Waals surface area contributed by atoms with Crippen molar-refractivity contribution in [2.24, 2.45) is 10.9 Å². The Hall–Kier alpha value is -3.51. The van der Waals surface area contributed by atoms with Crippen LogP contribution in [-0.4, -0.2) is 27.4 Å². The zero-order valence-electron chi connectivity index (χ0n) is 31.2. The van der Waals surface area contributed by atoms with Crippen molar-refractivity contribution >= 4 is 11.9 Å². The average Bonchev–Trinajstić information content (AvgIpc) is 2.95. The lowest BCUT2D eigenvalue weighted by Gasteiger charge is -2.41. The molecule has 0 saturated heterocycles. The summed E-state index contributed by atoms with van der Waals surface area (Å²) in [6.07, 6.45) is 2.21. The lowest BCUT2D eigenvalue weighted by molar-refractivity contribution is -0.384. The first-order chi connectivity index (χ1) is 21.3. The molecule has 0 amide bonds. The number of non-ortho nitro benzene ring substituents is 1.